The van der Waals surface area contributed by atoms with Gasteiger partial charge in [0.1, 0.15) is 0 Å². The van der Waals surface area contributed by atoms with Crippen LogP contribution >= 0.6 is 11.3 Å². The summed E-state index contributed by atoms with van der Waals surface area (Å²) in [5.74, 6) is 0. The number of thiophene rings is 1. The molecule has 0 amide bonds. The Hall–Kier alpha value is -1.42. The summed E-state index contributed by atoms with van der Waals surface area (Å²) >= 11 is 1.62. The van der Waals surface area contributed by atoms with Crippen LogP contribution in [-0.2, 0) is 6.54 Å². The molecule has 0 saturated heterocycles. The second kappa shape index (κ2) is 5.07. The summed E-state index contributed by atoms with van der Waals surface area (Å²) in [4.78, 5) is 0. The summed E-state index contributed by atoms with van der Waals surface area (Å²) in [6.45, 7) is 0.663. The van der Waals surface area contributed by atoms with Crippen molar-refractivity contribution in [2.75, 3.05) is 5.32 Å². The Morgan fingerprint density at radius 1 is 1.25 bits per heavy atom. The van der Waals surface area contributed by atoms with Gasteiger partial charge in [-0.3, -0.25) is 0 Å². The van der Waals surface area contributed by atoms with Crippen molar-refractivity contribution >= 4 is 17.0 Å². The van der Waals surface area contributed by atoms with Gasteiger partial charge >= 0.3 is 0 Å². The highest BCUT2D eigenvalue weighted by Gasteiger charge is 2.06. The van der Waals surface area contributed by atoms with E-state index in [0.717, 1.165) is 11.3 Å². The molecule has 0 atom stereocenters. The summed E-state index contributed by atoms with van der Waals surface area (Å²) in [6.07, 6.45) is -2.41. The van der Waals surface area contributed by atoms with Gasteiger partial charge < -0.3 is 5.32 Å². The SMILES string of the molecule is FC(F)c1cccc(NCc2ccsc2)c1. The van der Waals surface area contributed by atoms with Gasteiger partial charge in [0.05, 0.1) is 0 Å². The second-order valence-electron chi connectivity index (χ2n) is 3.41. The Kier molecular flexibility index (Phi) is 3.51. The molecular weight excluding hydrogens is 228 g/mol. The zero-order chi connectivity index (χ0) is 11.4. The molecule has 2 rings (SSSR count). The standard InChI is InChI=1S/C12H11F2NS/c13-12(14)10-2-1-3-11(6-10)15-7-9-4-5-16-8-9/h1-6,8,12,15H,7H2. The average molecular weight is 239 g/mol. The summed E-state index contributed by atoms with van der Waals surface area (Å²) in [7, 11) is 0. The number of hydrogen-bond donors (Lipinski definition) is 1. The van der Waals surface area contributed by atoms with Crippen molar-refractivity contribution in [3.63, 3.8) is 0 Å². The van der Waals surface area contributed by atoms with Gasteiger partial charge in [0.2, 0.25) is 0 Å². The van der Waals surface area contributed by atoms with E-state index in [1.54, 1.807) is 23.5 Å². The smallest absolute Gasteiger partial charge is 0.263 e. The fourth-order valence-electron chi connectivity index (χ4n) is 1.38. The fourth-order valence-corrected chi connectivity index (χ4v) is 2.05. The lowest BCUT2D eigenvalue weighted by molar-refractivity contribution is 0.151. The number of halogens is 2. The van der Waals surface area contributed by atoms with Gasteiger partial charge in [-0.2, -0.15) is 11.3 Å². The average Bonchev–Trinajstić information content (AvgIpc) is 2.79. The van der Waals surface area contributed by atoms with Crippen LogP contribution in [0.5, 0.6) is 0 Å². The van der Waals surface area contributed by atoms with Crippen LogP contribution < -0.4 is 5.32 Å². The van der Waals surface area contributed by atoms with Crippen molar-refractivity contribution < 1.29 is 8.78 Å². The predicted molar refractivity (Wildman–Crippen MR) is 63.0 cm³/mol. The van der Waals surface area contributed by atoms with Crippen LogP contribution in [0.1, 0.15) is 17.6 Å². The molecule has 16 heavy (non-hydrogen) atoms. The molecule has 0 bridgehead atoms. The molecule has 0 saturated carbocycles. The second-order valence-corrected chi connectivity index (χ2v) is 4.19. The minimum Gasteiger partial charge on any atom is -0.381 e. The Balaban J connectivity index is 2.01. The molecule has 0 radical (unpaired) electrons. The van der Waals surface area contributed by atoms with Crippen molar-refractivity contribution in [3.05, 3.63) is 52.2 Å². The normalized spacial score (nSPS) is 10.7. The van der Waals surface area contributed by atoms with Gasteiger partial charge in [-0.25, -0.2) is 8.78 Å². The van der Waals surface area contributed by atoms with Gasteiger partial charge in [0.25, 0.3) is 6.43 Å². The lowest BCUT2D eigenvalue weighted by atomic mass is 10.2. The van der Waals surface area contributed by atoms with Gasteiger partial charge in [-0.1, -0.05) is 12.1 Å². The van der Waals surface area contributed by atoms with Gasteiger partial charge in [0, 0.05) is 17.8 Å². The fraction of sp³-hybridized carbons (Fsp3) is 0.167. The van der Waals surface area contributed by atoms with E-state index in [1.165, 1.54) is 12.1 Å². The number of benzene rings is 1. The number of nitrogens with one attached hydrogen (secondary N) is 1. The maximum absolute atomic E-state index is 12.4. The third-order valence-electron chi connectivity index (χ3n) is 2.22. The summed E-state index contributed by atoms with van der Waals surface area (Å²) in [5, 5.41) is 7.14. The highest BCUT2D eigenvalue weighted by Crippen LogP contribution is 2.22. The molecule has 0 fully saturated rings. The van der Waals surface area contributed by atoms with Crippen LogP contribution in [0.15, 0.2) is 41.1 Å². The number of hydrogen-bond acceptors (Lipinski definition) is 2. The molecule has 1 heterocycles. The van der Waals surface area contributed by atoms with E-state index >= 15 is 0 Å². The van der Waals surface area contributed by atoms with Crippen LogP contribution in [-0.4, -0.2) is 0 Å². The first kappa shape index (κ1) is 11.1. The monoisotopic (exact) mass is 239 g/mol. The molecule has 84 valence electrons. The topological polar surface area (TPSA) is 12.0 Å². The van der Waals surface area contributed by atoms with E-state index in [9.17, 15) is 8.78 Å². The highest BCUT2D eigenvalue weighted by atomic mass is 32.1. The first-order valence-corrected chi connectivity index (χ1v) is 5.83. The molecule has 4 heteroatoms. The van der Waals surface area contributed by atoms with Gasteiger partial charge in [0.15, 0.2) is 0 Å². The van der Waals surface area contributed by atoms with Crippen LogP contribution in [0.4, 0.5) is 14.5 Å². The largest absolute Gasteiger partial charge is 0.381 e. The van der Waals surface area contributed by atoms with Crippen LogP contribution in [0.3, 0.4) is 0 Å². The first-order valence-electron chi connectivity index (χ1n) is 4.89. The Bertz CT molecular complexity index is 440. The number of anilines is 1. The van der Waals surface area contributed by atoms with Crippen molar-refractivity contribution in [3.8, 4) is 0 Å². The van der Waals surface area contributed by atoms with E-state index in [-0.39, 0.29) is 5.56 Å². The lowest BCUT2D eigenvalue weighted by Gasteiger charge is -2.07. The van der Waals surface area contributed by atoms with Gasteiger partial charge in [-0.15, -0.1) is 0 Å². The summed E-state index contributed by atoms with van der Waals surface area (Å²) in [5.41, 5.74) is 1.94. The molecule has 1 nitrogen and oxygen atoms in total. The van der Waals surface area contributed by atoms with Crippen LogP contribution in [0, 0.1) is 0 Å². The zero-order valence-corrected chi connectivity index (χ0v) is 9.31. The maximum atomic E-state index is 12.4. The zero-order valence-electron chi connectivity index (χ0n) is 8.49. The minimum absolute atomic E-state index is 0.0512. The van der Waals surface area contributed by atoms with E-state index < -0.39 is 6.43 Å². The minimum atomic E-state index is -2.41. The molecule has 0 aliphatic rings. The Morgan fingerprint density at radius 3 is 2.81 bits per heavy atom. The first-order chi connectivity index (χ1) is 7.75. The van der Waals surface area contributed by atoms with Crippen LogP contribution in [0.2, 0.25) is 0 Å². The van der Waals surface area contributed by atoms with Crippen molar-refractivity contribution in [1.29, 1.82) is 0 Å². The molecule has 0 aliphatic carbocycles. The predicted octanol–water partition coefficient (Wildman–Crippen LogP) is 4.30. The maximum Gasteiger partial charge on any atom is 0.263 e. The van der Waals surface area contributed by atoms with Crippen LogP contribution in [0.25, 0.3) is 0 Å². The third-order valence-corrected chi connectivity index (χ3v) is 2.95. The molecule has 1 N–H and O–H groups in total. The molecule has 1 aromatic carbocycles. The van der Waals surface area contributed by atoms with Gasteiger partial charge in [-0.05, 0) is 34.5 Å². The lowest BCUT2D eigenvalue weighted by Crippen LogP contribution is -1.98. The summed E-state index contributed by atoms with van der Waals surface area (Å²) < 4.78 is 24.9. The summed E-state index contributed by atoms with van der Waals surface area (Å²) in [6, 6.07) is 8.35. The molecule has 0 aliphatic heterocycles. The van der Waals surface area contributed by atoms with E-state index in [0.29, 0.717) is 6.54 Å². The van der Waals surface area contributed by atoms with Crippen molar-refractivity contribution in [2.45, 2.75) is 13.0 Å². The molecule has 0 unspecified atom stereocenters. The molecule has 1 aromatic heterocycles. The van der Waals surface area contributed by atoms with E-state index in [2.05, 4.69) is 5.32 Å². The number of alkyl halides is 2. The quantitative estimate of drug-likeness (QED) is 0.838. The Labute approximate surface area is 96.7 Å². The number of rotatable bonds is 4. The molecular formula is C12H11F2NS. The Morgan fingerprint density at radius 2 is 2.12 bits per heavy atom. The third kappa shape index (κ3) is 2.79. The molecule has 0 spiro atoms. The van der Waals surface area contributed by atoms with E-state index in [4.69, 9.17) is 0 Å². The highest BCUT2D eigenvalue weighted by molar-refractivity contribution is 7.07. The van der Waals surface area contributed by atoms with E-state index in [1.807, 2.05) is 16.8 Å². The van der Waals surface area contributed by atoms with Crippen molar-refractivity contribution in [2.24, 2.45) is 0 Å². The van der Waals surface area contributed by atoms with Crippen molar-refractivity contribution in [1.82, 2.24) is 0 Å². The molecule has 2 aromatic rings.